The van der Waals surface area contributed by atoms with Gasteiger partial charge in [-0.25, -0.2) is 13.9 Å². The quantitative estimate of drug-likeness (QED) is 0.698. The maximum atomic E-state index is 11.7. The van der Waals surface area contributed by atoms with Gasteiger partial charge in [-0.2, -0.15) is 0 Å². The van der Waals surface area contributed by atoms with Gasteiger partial charge >= 0.3 is 5.69 Å². The molecule has 0 radical (unpaired) electrons. The highest BCUT2D eigenvalue weighted by atomic mass is 16.3. The molecule has 1 N–H and O–H groups in total. The number of hydrogen-bond donors (Lipinski definition) is 1. The van der Waals surface area contributed by atoms with Crippen molar-refractivity contribution >= 4 is 5.65 Å². The first-order valence-electron chi connectivity index (χ1n) is 4.83. The lowest BCUT2D eigenvalue weighted by Gasteiger charge is -1.96. The van der Waals surface area contributed by atoms with E-state index in [0.29, 0.717) is 18.6 Å². The average molecular weight is 208 g/mol. The number of aryl methyl sites for hydroxylation is 1. The first-order valence-corrected chi connectivity index (χ1v) is 4.83. The maximum absolute atomic E-state index is 11.7. The monoisotopic (exact) mass is 208 g/mol. The minimum absolute atomic E-state index is 0.143. The second-order valence-corrected chi connectivity index (χ2v) is 3.24. The van der Waals surface area contributed by atoms with Gasteiger partial charge in [0, 0.05) is 25.5 Å². The van der Waals surface area contributed by atoms with Crippen LogP contribution in [0, 0.1) is 0 Å². The molecule has 0 saturated carbocycles. The second-order valence-electron chi connectivity index (χ2n) is 3.24. The lowest BCUT2D eigenvalue weighted by molar-refractivity contribution is 0.279. The number of hydrogen-bond acceptors (Lipinski definition) is 4. The van der Waals surface area contributed by atoms with Crippen molar-refractivity contribution in [2.75, 3.05) is 6.61 Å². The van der Waals surface area contributed by atoms with Gasteiger partial charge in [-0.05, 0) is 12.8 Å². The smallest absolute Gasteiger partial charge is 0.350 e. The Balaban J connectivity index is 2.28. The van der Waals surface area contributed by atoms with Gasteiger partial charge in [0.25, 0.3) is 0 Å². The van der Waals surface area contributed by atoms with Crippen molar-refractivity contribution in [1.29, 1.82) is 0 Å². The molecule has 0 aliphatic rings. The number of nitrogens with zero attached hydrogens (tertiary/aromatic N) is 4. The van der Waals surface area contributed by atoms with E-state index in [1.165, 1.54) is 9.08 Å². The molecule has 0 spiro atoms. The Morgan fingerprint density at radius 1 is 1.40 bits per heavy atom. The molecule has 0 saturated heterocycles. The fraction of sp³-hybridized carbons (Fsp3) is 0.444. The Kier molecular flexibility index (Phi) is 2.77. The van der Waals surface area contributed by atoms with Crippen LogP contribution in [0.2, 0.25) is 0 Å². The Hall–Kier alpha value is -1.69. The van der Waals surface area contributed by atoms with Gasteiger partial charge in [0.2, 0.25) is 0 Å². The van der Waals surface area contributed by atoms with E-state index < -0.39 is 0 Å². The molecule has 0 aliphatic heterocycles. The highest BCUT2D eigenvalue weighted by molar-refractivity contribution is 5.31. The molecule has 15 heavy (non-hydrogen) atoms. The zero-order chi connectivity index (χ0) is 10.7. The zero-order valence-electron chi connectivity index (χ0n) is 8.20. The standard InChI is InChI=1S/C9H12N4O2/c14-6-2-1-4-13-9(15)12-5-3-10-7-8(12)11-13/h3,5,7,14H,1-2,4,6H2. The molecule has 0 amide bonds. The summed E-state index contributed by atoms with van der Waals surface area (Å²) in [4.78, 5) is 15.6. The van der Waals surface area contributed by atoms with Crippen LogP contribution in [0.1, 0.15) is 12.8 Å². The Bertz CT molecular complexity index is 502. The van der Waals surface area contributed by atoms with Gasteiger partial charge in [0.1, 0.15) is 0 Å². The summed E-state index contributed by atoms with van der Waals surface area (Å²) in [5.41, 5.74) is 0.386. The number of unbranched alkanes of at least 4 members (excludes halogenated alkanes) is 1. The second kappa shape index (κ2) is 4.22. The van der Waals surface area contributed by atoms with Crippen LogP contribution in [0.4, 0.5) is 0 Å². The molecule has 0 atom stereocenters. The summed E-state index contributed by atoms with van der Waals surface area (Å²) in [7, 11) is 0. The van der Waals surface area contributed by atoms with E-state index >= 15 is 0 Å². The van der Waals surface area contributed by atoms with Gasteiger partial charge in [0.05, 0.1) is 6.20 Å². The van der Waals surface area contributed by atoms with E-state index in [4.69, 9.17) is 5.11 Å². The lowest BCUT2D eigenvalue weighted by atomic mass is 10.3. The summed E-state index contributed by atoms with van der Waals surface area (Å²) in [5, 5.41) is 12.7. The number of aliphatic hydroxyl groups is 1. The largest absolute Gasteiger partial charge is 0.396 e. The first kappa shape index (κ1) is 9.85. The minimum Gasteiger partial charge on any atom is -0.396 e. The fourth-order valence-electron chi connectivity index (χ4n) is 1.40. The van der Waals surface area contributed by atoms with Crippen molar-refractivity contribution in [2.45, 2.75) is 19.4 Å². The summed E-state index contributed by atoms with van der Waals surface area (Å²) >= 11 is 0. The number of aliphatic hydroxyl groups excluding tert-OH is 1. The third kappa shape index (κ3) is 1.89. The maximum Gasteiger partial charge on any atom is 0.350 e. The Morgan fingerprint density at radius 2 is 2.27 bits per heavy atom. The van der Waals surface area contributed by atoms with E-state index in [-0.39, 0.29) is 12.3 Å². The van der Waals surface area contributed by atoms with Crippen molar-refractivity contribution in [3.8, 4) is 0 Å². The molecule has 2 rings (SSSR count). The fourth-order valence-corrected chi connectivity index (χ4v) is 1.40. The highest BCUT2D eigenvalue weighted by Gasteiger charge is 2.04. The van der Waals surface area contributed by atoms with Gasteiger partial charge in [-0.3, -0.25) is 4.98 Å². The predicted molar refractivity (Wildman–Crippen MR) is 53.6 cm³/mol. The molecular formula is C9H12N4O2. The van der Waals surface area contributed by atoms with Crippen LogP contribution in [0.3, 0.4) is 0 Å². The SMILES string of the molecule is O=c1n(CCCCO)nc2cnccn12. The van der Waals surface area contributed by atoms with E-state index in [9.17, 15) is 4.79 Å². The van der Waals surface area contributed by atoms with Gasteiger partial charge in [-0.1, -0.05) is 0 Å². The summed E-state index contributed by atoms with van der Waals surface area (Å²) < 4.78 is 2.85. The normalized spacial score (nSPS) is 11.0. The molecule has 0 aromatic carbocycles. The van der Waals surface area contributed by atoms with Crippen molar-refractivity contribution in [2.24, 2.45) is 0 Å². The summed E-state index contributed by atoms with van der Waals surface area (Å²) in [6, 6.07) is 0. The molecule has 2 aromatic heterocycles. The third-order valence-electron chi connectivity index (χ3n) is 2.17. The van der Waals surface area contributed by atoms with Crippen LogP contribution < -0.4 is 5.69 Å². The summed E-state index contributed by atoms with van der Waals surface area (Å²) in [6.07, 6.45) is 6.11. The summed E-state index contributed by atoms with van der Waals surface area (Å²) in [6.45, 7) is 0.671. The molecule has 0 aliphatic carbocycles. The molecule has 0 bridgehead atoms. The van der Waals surface area contributed by atoms with Crippen LogP contribution in [-0.2, 0) is 6.54 Å². The minimum atomic E-state index is -0.162. The van der Waals surface area contributed by atoms with E-state index in [0.717, 1.165) is 6.42 Å². The van der Waals surface area contributed by atoms with Crippen LogP contribution in [0.15, 0.2) is 23.4 Å². The first-order chi connectivity index (χ1) is 7.33. The van der Waals surface area contributed by atoms with E-state index in [1.807, 2.05) is 0 Å². The van der Waals surface area contributed by atoms with Crippen molar-refractivity contribution in [1.82, 2.24) is 19.2 Å². The molecule has 80 valence electrons. The summed E-state index contributed by atoms with van der Waals surface area (Å²) in [5.74, 6) is 0. The van der Waals surface area contributed by atoms with Crippen molar-refractivity contribution < 1.29 is 5.11 Å². The zero-order valence-corrected chi connectivity index (χ0v) is 8.20. The van der Waals surface area contributed by atoms with Gasteiger partial charge < -0.3 is 5.11 Å². The van der Waals surface area contributed by atoms with Crippen molar-refractivity contribution in [3.05, 3.63) is 29.1 Å². The number of aromatic nitrogens is 4. The molecule has 2 heterocycles. The van der Waals surface area contributed by atoms with Gasteiger partial charge in [0.15, 0.2) is 5.65 Å². The molecule has 2 aromatic rings. The molecule has 6 nitrogen and oxygen atoms in total. The van der Waals surface area contributed by atoms with Crippen LogP contribution in [-0.4, -0.2) is 30.9 Å². The van der Waals surface area contributed by atoms with Crippen LogP contribution in [0.5, 0.6) is 0 Å². The third-order valence-corrected chi connectivity index (χ3v) is 2.17. The number of rotatable bonds is 4. The lowest BCUT2D eigenvalue weighted by Crippen LogP contribution is -2.21. The van der Waals surface area contributed by atoms with E-state index in [2.05, 4.69) is 10.1 Å². The Labute approximate surface area is 85.8 Å². The van der Waals surface area contributed by atoms with E-state index in [1.54, 1.807) is 18.6 Å². The van der Waals surface area contributed by atoms with Crippen molar-refractivity contribution in [3.63, 3.8) is 0 Å². The topological polar surface area (TPSA) is 72.4 Å². The van der Waals surface area contributed by atoms with Crippen LogP contribution >= 0.6 is 0 Å². The molecule has 6 heteroatoms. The average Bonchev–Trinajstić information content (AvgIpc) is 2.57. The Morgan fingerprint density at radius 3 is 3.00 bits per heavy atom. The predicted octanol–water partition coefficient (Wildman–Crippen LogP) is -0.337. The molecule has 0 unspecified atom stereocenters. The number of fused-ring (bicyclic) bond motifs is 1. The molecular weight excluding hydrogens is 196 g/mol. The van der Waals surface area contributed by atoms with Crippen LogP contribution in [0.25, 0.3) is 5.65 Å². The highest BCUT2D eigenvalue weighted by Crippen LogP contribution is 1.95. The van der Waals surface area contributed by atoms with Gasteiger partial charge in [-0.15, -0.1) is 5.10 Å². The molecule has 0 fully saturated rings.